The summed E-state index contributed by atoms with van der Waals surface area (Å²) in [5, 5.41) is 3.82. The SMILES string of the molecule is Cc1[nH]c2ccccc2c1C=C1C(=O)Nc2ccc(S(=O)(=O)N(C)C)cc21. The normalized spacial score (nSPS) is 15.6. The van der Waals surface area contributed by atoms with Gasteiger partial charge in [0, 0.05) is 53.1 Å². The van der Waals surface area contributed by atoms with Crippen LogP contribution in [0.4, 0.5) is 5.69 Å². The smallest absolute Gasteiger partial charge is 0.256 e. The van der Waals surface area contributed by atoms with E-state index in [1.54, 1.807) is 12.1 Å². The molecule has 0 bridgehead atoms. The average molecular weight is 381 g/mol. The van der Waals surface area contributed by atoms with Crippen LogP contribution in [0.15, 0.2) is 47.4 Å². The summed E-state index contributed by atoms with van der Waals surface area (Å²) in [4.78, 5) is 16.0. The Morgan fingerprint density at radius 3 is 2.56 bits per heavy atom. The third-order valence-electron chi connectivity index (χ3n) is 4.78. The molecule has 0 saturated carbocycles. The van der Waals surface area contributed by atoms with Crippen LogP contribution in [0.2, 0.25) is 0 Å². The van der Waals surface area contributed by atoms with Gasteiger partial charge in [0.1, 0.15) is 0 Å². The van der Waals surface area contributed by atoms with E-state index in [2.05, 4.69) is 10.3 Å². The Morgan fingerprint density at radius 1 is 1.07 bits per heavy atom. The van der Waals surface area contributed by atoms with Crippen molar-refractivity contribution in [2.24, 2.45) is 0 Å². The van der Waals surface area contributed by atoms with Crippen molar-refractivity contribution < 1.29 is 13.2 Å². The maximum atomic E-state index is 12.6. The number of para-hydroxylation sites is 1. The van der Waals surface area contributed by atoms with Crippen LogP contribution in [0, 0.1) is 6.92 Å². The molecule has 4 rings (SSSR count). The highest BCUT2D eigenvalue weighted by Gasteiger charge is 2.28. The number of H-pyrrole nitrogens is 1. The van der Waals surface area contributed by atoms with E-state index in [-0.39, 0.29) is 10.8 Å². The van der Waals surface area contributed by atoms with Crippen molar-refractivity contribution in [1.82, 2.24) is 9.29 Å². The van der Waals surface area contributed by atoms with E-state index in [9.17, 15) is 13.2 Å². The molecule has 2 heterocycles. The molecule has 0 unspecified atom stereocenters. The van der Waals surface area contributed by atoms with Crippen molar-refractivity contribution in [1.29, 1.82) is 0 Å². The molecule has 0 radical (unpaired) electrons. The predicted molar refractivity (Wildman–Crippen MR) is 107 cm³/mol. The van der Waals surface area contributed by atoms with Crippen molar-refractivity contribution in [2.45, 2.75) is 11.8 Å². The van der Waals surface area contributed by atoms with Crippen molar-refractivity contribution in [3.05, 3.63) is 59.3 Å². The Morgan fingerprint density at radius 2 is 1.81 bits per heavy atom. The maximum absolute atomic E-state index is 12.6. The first-order chi connectivity index (χ1) is 12.8. The van der Waals surface area contributed by atoms with Crippen molar-refractivity contribution in [2.75, 3.05) is 19.4 Å². The number of aromatic amines is 1. The molecule has 27 heavy (non-hydrogen) atoms. The number of nitrogens with one attached hydrogen (secondary N) is 2. The number of fused-ring (bicyclic) bond motifs is 2. The van der Waals surface area contributed by atoms with E-state index in [0.717, 1.165) is 26.5 Å². The fraction of sp³-hybridized carbons (Fsp3) is 0.150. The minimum absolute atomic E-state index is 0.157. The lowest BCUT2D eigenvalue weighted by molar-refractivity contribution is -0.110. The number of nitrogens with zero attached hydrogens (tertiary/aromatic N) is 1. The molecule has 1 aliphatic heterocycles. The van der Waals surface area contributed by atoms with Gasteiger partial charge >= 0.3 is 0 Å². The summed E-state index contributed by atoms with van der Waals surface area (Å²) in [5.74, 6) is -0.242. The molecule has 7 heteroatoms. The molecular weight excluding hydrogens is 362 g/mol. The number of rotatable bonds is 3. The van der Waals surface area contributed by atoms with Gasteiger partial charge in [0.2, 0.25) is 10.0 Å². The van der Waals surface area contributed by atoms with E-state index in [1.807, 2.05) is 37.3 Å². The molecule has 0 saturated heterocycles. The molecule has 1 aromatic heterocycles. The Bertz CT molecular complexity index is 1220. The number of sulfonamides is 1. The first kappa shape index (κ1) is 17.5. The van der Waals surface area contributed by atoms with E-state index in [4.69, 9.17) is 0 Å². The molecule has 6 nitrogen and oxygen atoms in total. The van der Waals surface area contributed by atoms with Gasteiger partial charge in [-0.05, 0) is 37.3 Å². The minimum atomic E-state index is -3.58. The Kier molecular flexibility index (Phi) is 3.94. The van der Waals surface area contributed by atoms with E-state index in [0.29, 0.717) is 16.8 Å². The van der Waals surface area contributed by atoms with Gasteiger partial charge in [-0.25, -0.2) is 12.7 Å². The molecule has 0 fully saturated rings. The van der Waals surface area contributed by atoms with Gasteiger partial charge in [-0.3, -0.25) is 4.79 Å². The summed E-state index contributed by atoms with van der Waals surface area (Å²) in [6, 6.07) is 12.6. The van der Waals surface area contributed by atoms with Crippen LogP contribution in [0.1, 0.15) is 16.8 Å². The largest absolute Gasteiger partial charge is 0.358 e. The van der Waals surface area contributed by atoms with Crippen LogP contribution in [0.3, 0.4) is 0 Å². The fourth-order valence-corrected chi connectivity index (χ4v) is 4.24. The zero-order chi connectivity index (χ0) is 19.3. The maximum Gasteiger partial charge on any atom is 0.256 e. The van der Waals surface area contributed by atoms with Crippen LogP contribution < -0.4 is 5.32 Å². The van der Waals surface area contributed by atoms with Crippen LogP contribution in [0.5, 0.6) is 0 Å². The molecule has 138 valence electrons. The predicted octanol–water partition coefficient (Wildman–Crippen LogP) is 3.22. The number of amides is 1. The van der Waals surface area contributed by atoms with Crippen molar-refractivity contribution in [3.8, 4) is 0 Å². The van der Waals surface area contributed by atoms with Gasteiger partial charge < -0.3 is 10.3 Å². The Balaban J connectivity index is 1.90. The average Bonchev–Trinajstić information content (AvgIpc) is 3.11. The number of hydrogen-bond donors (Lipinski definition) is 2. The molecule has 3 aromatic rings. The number of aryl methyl sites for hydroxylation is 1. The molecule has 0 atom stereocenters. The highest BCUT2D eigenvalue weighted by molar-refractivity contribution is 7.89. The Hall–Kier alpha value is -2.90. The van der Waals surface area contributed by atoms with Crippen LogP contribution in [0.25, 0.3) is 22.6 Å². The van der Waals surface area contributed by atoms with Gasteiger partial charge in [-0.2, -0.15) is 0 Å². The lowest BCUT2D eigenvalue weighted by atomic mass is 10.0. The second kappa shape index (κ2) is 6.07. The molecular formula is C20H19N3O3S. The summed E-state index contributed by atoms with van der Waals surface area (Å²) in [7, 11) is -0.615. The zero-order valence-corrected chi connectivity index (χ0v) is 16.0. The van der Waals surface area contributed by atoms with E-state index >= 15 is 0 Å². The number of benzene rings is 2. The molecule has 2 aromatic carbocycles. The summed E-state index contributed by atoms with van der Waals surface area (Å²) in [6.45, 7) is 1.95. The van der Waals surface area contributed by atoms with Gasteiger partial charge in [0.05, 0.1) is 4.90 Å². The van der Waals surface area contributed by atoms with E-state index < -0.39 is 10.0 Å². The first-order valence-corrected chi connectivity index (χ1v) is 9.90. The summed E-state index contributed by atoms with van der Waals surface area (Å²) in [6.07, 6.45) is 1.82. The number of carbonyl (C=O) groups is 1. The first-order valence-electron chi connectivity index (χ1n) is 8.46. The standard InChI is InChI=1S/C20H19N3O3S/c1-12-15(14-6-4-5-7-18(14)21-12)11-17-16-10-13(27(25,26)23(2)3)8-9-19(16)22-20(17)24/h4-11,21H,1-3H3,(H,22,24). The monoisotopic (exact) mass is 381 g/mol. The molecule has 0 spiro atoms. The second-order valence-corrected chi connectivity index (χ2v) is 8.87. The highest BCUT2D eigenvalue weighted by atomic mass is 32.2. The summed E-state index contributed by atoms with van der Waals surface area (Å²) in [5.41, 5.74) is 4.51. The van der Waals surface area contributed by atoms with Crippen LogP contribution >= 0.6 is 0 Å². The summed E-state index contributed by atoms with van der Waals surface area (Å²) >= 11 is 0. The van der Waals surface area contributed by atoms with E-state index in [1.165, 1.54) is 20.2 Å². The third kappa shape index (κ3) is 2.75. The lowest BCUT2D eigenvalue weighted by Crippen LogP contribution is -2.22. The quantitative estimate of drug-likeness (QED) is 0.684. The van der Waals surface area contributed by atoms with Gasteiger partial charge in [-0.15, -0.1) is 0 Å². The fourth-order valence-electron chi connectivity index (χ4n) is 3.31. The Labute approximate surface area is 157 Å². The van der Waals surface area contributed by atoms with Gasteiger partial charge in [0.25, 0.3) is 5.91 Å². The second-order valence-electron chi connectivity index (χ2n) is 6.72. The molecule has 1 amide bonds. The van der Waals surface area contributed by atoms with Crippen molar-refractivity contribution in [3.63, 3.8) is 0 Å². The van der Waals surface area contributed by atoms with Crippen LogP contribution in [-0.4, -0.2) is 37.7 Å². The molecule has 2 N–H and O–H groups in total. The summed E-state index contributed by atoms with van der Waals surface area (Å²) < 4.78 is 26.1. The highest BCUT2D eigenvalue weighted by Crippen LogP contribution is 2.36. The minimum Gasteiger partial charge on any atom is -0.358 e. The van der Waals surface area contributed by atoms with Crippen LogP contribution in [-0.2, 0) is 14.8 Å². The number of carbonyl (C=O) groups excluding carboxylic acids is 1. The number of hydrogen-bond acceptors (Lipinski definition) is 3. The topological polar surface area (TPSA) is 82.3 Å². The molecule has 1 aliphatic rings. The number of anilines is 1. The third-order valence-corrected chi connectivity index (χ3v) is 6.60. The lowest BCUT2D eigenvalue weighted by Gasteiger charge is -2.12. The van der Waals surface area contributed by atoms with Gasteiger partial charge in [-0.1, -0.05) is 18.2 Å². The number of aromatic nitrogens is 1. The molecule has 0 aliphatic carbocycles. The van der Waals surface area contributed by atoms with Crippen molar-refractivity contribution >= 4 is 44.2 Å². The zero-order valence-electron chi connectivity index (χ0n) is 15.2. The van der Waals surface area contributed by atoms with Gasteiger partial charge in [0.15, 0.2) is 0 Å².